The minimum atomic E-state index is 0.941. The van der Waals surface area contributed by atoms with Crippen LogP contribution in [0.15, 0.2) is 0 Å². The van der Waals surface area contributed by atoms with Crippen molar-refractivity contribution in [2.24, 2.45) is 0 Å². The maximum absolute atomic E-state index is 4.92. The standard InChI is InChI=1S/C7H18N2O/c1-4-5-8-6-7-9(2)10-3/h8H,4-7H2,1-3H3. The predicted octanol–water partition coefficient (Wildman–Crippen LogP) is 0.479. The van der Waals surface area contributed by atoms with Crippen molar-refractivity contribution in [1.29, 1.82) is 0 Å². The molecule has 0 radical (unpaired) electrons. The van der Waals surface area contributed by atoms with Crippen molar-refractivity contribution in [3.05, 3.63) is 0 Å². The molecule has 0 saturated carbocycles. The zero-order valence-corrected chi connectivity index (χ0v) is 7.18. The van der Waals surface area contributed by atoms with Crippen LogP contribution in [0.3, 0.4) is 0 Å². The summed E-state index contributed by atoms with van der Waals surface area (Å²) in [6.07, 6.45) is 1.19. The highest BCUT2D eigenvalue weighted by atomic mass is 16.7. The Labute approximate surface area is 63.3 Å². The molecule has 10 heavy (non-hydrogen) atoms. The summed E-state index contributed by atoms with van der Waals surface area (Å²) in [5.41, 5.74) is 0. The van der Waals surface area contributed by atoms with Gasteiger partial charge in [-0.05, 0) is 13.0 Å². The van der Waals surface area contributed by atoms with Crippen LogP contribution in [-0.2, 0) is 4.84 Å². The largest absolute Gasteiger partial charge is 0.315 e. The van der Waals surface area contributed by atoms with Crippen LogP contribution < -0.4 is 5.32 Å². The third-order valence-corrected chi connectivity index (χ3v) is 1.34. The molecule has 0 spiro atoms. The fourth-order valence-corrected chi connectivity index (χ4v) is 0.630. The fourth-order valence-electron chi connectivity index (χ4n) is 0.630. The average molecular weight is 146 g/mol. The molecular formula is C7H18N2O. The van der Waals surface area contributed by atoms with Crippen molar-refractivity contribution in [3.63, 3.8) is 0 Å². The van der Waals surface area contributed by atoms with Crippen LogP contribution in [0.1, 0.15) is 13.3 Å². The molecule has 0 atom stereocenters. The number of hydrogen-bond acceptors (Lipinski definition) is 3. The van der Waals surface area contributed by atoms with E-state index in [1.165, 1.54) is 6.42 Å². The van der Waals surface area contributed by atoms with Gasteiger partial charge in [0.1, 0.15) is 0 Å². The molecule has 0 bridgehead atoms. The molecule has 0 heterocycles. The highest BCUT2D eigenvalue weighted by Gasteiger charge is 1.91. The number of hydroxylamine groups is 2. The van der Waals surface area contributed by atoms with E-state index < -0.39 is 0 Å². The van der Waals surface area contributed by atoms with Gasteiger partial charge >= 0.3 is 0 Å². The molecule has 0 amide bonds. The first-order valence-corrected chi connectivity index (χ1v) is 3.77. The highest BCUT2D eigenvalue weighted by Crippen LogP contribution is 1.78. The lowest BCUT2D eigenvalue weighted by Gasteiger charge is -2.12. The molecule has 0 aliphatic heterocycles. The van der Waals surface area contributed by atoms with E-state index in [0.717, 1.165) is 19.6 Å². The van der Waals surface area contributed by atoms with Gasteiger partial charge in [0.15, 0.2) is 0 Å². The van der Waals surface area contributed by atoms with Crippen LogP contribution in [-0.4, -0.2) is 38.9 Å². The van der Waals surface area contributed by atoms with E-state index in [2.05, 4.69) is 12.2 Å². The summed E-state index contributed by atoms with van der Waals surface area (Å²) in [7, 11) is 3.60. The minimum absolute atomic E-state index is 0.941. The Hall–Kier alpha value is -0.120. The van der Waals surface area contributed by atoms with Crippen molar-refractivity contribution in [3.8, 4) is 0 Å². The number of hydrogen-bond donors (Lipinski definition) is 1. The molecular weight excluding hydrogens is 128 g/mol. The molecule has 0 aliphatic carbocycles. The Balaban J connectivity index is 2.89. The SMILES string of the molecule is CCCNCCN(C)OC. The van der Waals surface area contributed by atoms with Crippen molar-refractivity contribution in [1.82, 2.24) is 10.4 Å². The van der Waals surface area contributed by atoms with E-state index in [9.17, 15) is 0 Å². The molecule has 0 aliphatic rings. The summed E-state index contributed by atoms with van der Waals surface area (Å²) in [5, 5.41) is 5.09. The monoisotopic (exact) mass is 146 g/mol. The van der Waals surface area contributed by atoms with E-state index in [-0.39, 0.29) is 0 Å². The number of nitrogens with one attached hydrogen (secondary N) is 1. The smallest absolute Gasteiger partial charge is 0.0575 e. The average Bonchev–Trinajstić information content (AvgIpc) is 1.98. The molecule has 0 aromatic carbocycles. The molecule has 0 aromatic heterocycles. The van der Waals surface area contributed by atoms with Gasteiger partial charge in [0.2, 0.25) is 0 Å². The van der Waals surface area contributed by atoms with E-state index in [1.807, 2.05) is 12.1 Å². The predicted molar refractivity (Wildman–Crippen MR) is 42.8 cm³/mol. The van der Waals surface area contributed by atoms with E-state index >= 15 is 0 Å². The molecule has 3 heteroatoms. The van der Waals surface area contributed by atoms with Gasteiger partial charge in [0.05, 0.1) is 7.11 Å². The molecule has 0 saturated heterocycles. The lowest BCUT2D eigenvalue weighted by atomic mass is 10.5. The lowest BCUT2D eigenvalue weighted by molar-refractivity contribution is -0.107. The molecule has 62 valence electrons. The van der Waals surface area contributed by atoms with E-state index in [0.29, 0.717) is 0 Å². The third-order valence-electron chi connectivity index (χ3n) is 1.34. The summed E-state index contributed by atoms with van der Waals surface area (Å²) in [6, 6.07) is 0. The first kappa shape index (κ1) is 9.88. The third kappa shape index (κ3) is 6.01. The van der Waals surface area contributed by atoms with Crippen molar-refractivity contribution < 1.29 is 4.84 Å². The van der Waals surface area contributed by atoms with Crippen molar-refractivity contribution >= 4 is 0 Å². The van der Waals surface area contributed by atoms with E-state index in [1.54, 1.807) is 7.11 Å². The second kappa shape index (κ2) is 6.99. The van der Waals surface area contributed by atoms with Crippen LogP contribution in [0, 0.1) is 0 Å². The Kier molecular flexibility index (Phi) is 6.91. The van der Waals surface area contributed by atoms with Gasteiger partial charge in [-0.3, -0.25) is 0 Å². The van der Waals surface area contributed by atoms with Crippen molar-refractivity contribution in [2.75, 3.05) is 33.8 Å². The first-order valence-electron chi connectivity index (χ1n) is 3.77. The van der Waals surface area contributed by atoms with Gasteiger partial charge in [-0.2, -0.15) is 5.06 Å². The Morgan fingerprint density at radius 1 is 1.40 bits per heavy atom. The van der Waals surface area contributed by atoms with Crippen LogP contribution in [0.25, 0.3) is 0 Å². The topological polar surface area (TPSA) is 24.5 Å². The number of rotatable bonds is 6. The molecule has 0 aromatic rings. The fraction of sp³-hybridized carbons (Fsp3) is 1.00. The van der Waals surface area contributed by atoms with Gasteiger partial charge in [0.25, 0.3) is 0 Å². The summed E-state index contributed by atoms with van der Waals surface area (Å²) in [6.45, 7) is 5.19. The molecule has 0 unspecified atom stereocenters. The van der Waals surface area contributed by atoms with Crippen molar-refractivity contribution in [2.45, 2.75) is 13.3 Å². The number of likely N-dealkylation sites (N-methyl/N-ethyl adjacent to an activating group) is 1. The molecule has 0 rings (SSSR count). The van der Waals surface area contributed by atoms with E-state index in [4.69, 9.17) is 4.84 Å². The van der Waals surface area contributed by atoms with Gasteiger partial charge in [0, 0.05) is 20.1 Å². The van der Waals surface area contributed by atoms with Gasteiger partial charge in [-0.25, -0.2) is 0 Å². The molecule has 1 N–H and O–H groups in total. The Bertz CT molecular complexity index is 68.6. The van der Waals surface area contributed by atoms with Crippen LogP contribution >= 0.6 is 0 Å². The summed E-state index contributed by atoms with van der Waals surface area (Å²) in [4.78, 5) is 4.92. The minimum Gasteiger partial charge on any atom is -0.315 e. The second-order valence-electron chi connectivity index (χ2n) is 2.28. The molecule has 0 fully saturated rings. The highest BCUT2D eigenvalue weighted by molar-refractivity contribution is 4.45. The Morgan fingerprint density at radius 3 is 2.60 bits per heavy atom. The van der Waals surface area contributed by atoms with Crippen LogP contribution in [0.5, 0.6) is 0 Å². The van der Waals surface area contributed by atoms with Crippen LogP contribution in [0.4, 0.5) is 0 Å². The summed E-state index contributed by atoms with van der Waals surface area (Å²) >= 11 is 0. The van der Waals surface area contributed by atoms with Gasteiger partial charge < -0.3 is 10.2 Å². The normalized spacial score (nSPS) is 10.8. The maximum atomic E-state index is 4.92. The quantitative estimate of drug-likeness (QED) is 0.436. The summed E-state index contributed by atoms with van der Waals surface area (Å²) < 4.78 is 0. The maximum Gasteiger partial charge on any atom is 0.0575 e. The first-order chi connectivity index (χ1) is 4.81. The van der Waals surface area contributed by atoms with Gasteiger partial charge in [-0.15, -0.1) is 0 Å². The second-order valence-corrected chi connectivity index (χ2v) is 2.28. The zero-order chi connectivity index (χ0) is 7.82. The lowest BCUT2D eigenvalue weighted by Crippen LogP contribution is -2.28. The Morgan fingerprint density at radius 2 is 2.10 bits per heavy atom. The van der Waals surface area contributed by atoms with Crippen LogP contribution in [0.2, 0.25) is 0 Å². The molecule has 3 nitrogen and oxygen atoms in total. The zero-order valence-electron chi connectivity index (χ0n) is 7.18. The summed E-state index contributed by atoms with van der Waals surface area (Å²) in [5.74, 6) is 0. The van der Waals surface area contributed by atoms with Gasteiger partial charge in [-0.1, -0.05) is 6.92 Å². The number of nitrogens with zero attached hydrogens (tertiary/aromatic N) is 1.